The molecule has 0 saturated carbocycles. The lowest BCUT2D eigenvalue weighted by atomic mass is 10.1. The van der Waals surface area contributed by atoms with Crippen molar-refractivity contribution in [3.05, 3.63) is 81.2 Å². The van der Waals surface area contributed by atoms with Crippen molar-refractivity contribution in [2.24, 2.45) is 0 Å². The molecule has 1 aliphatic heterocycles. The standard InChI is InChI=1S/C24H19N3O6S2/c28-10-11-34-20-9-8-15(12-19(20)27(32)33)13-21-23(30)26(24(31)35-21)14-22(29)25-18-7-3-5-16-4-1-2-6-17(16)18/h1-9,12-13,28H,10-11,14H2,(H,25,29). The highest BCUT2D eigenvalue weighted by atomic mass is 32.2. The fourth-order valence-electron chi connectivity index (χ4n) is 3.50. The Morgan fingerprint density at radius 1 is 1.14 bits per heavy atom. The second-order valence-electron chi connectivity index (χ2n) is 7.40. The highest BCUT2D eigenvalue weighted by Gasteiger charge is 2.36. The monoisotopic (exact) mass is 509 g/mol. The molecular weight excluding hydrogens is 490 g/mol. The Morgan fingerprint density at radius 3 is 2.69 bits per heavy atom. The van der Waals surface area contributed by atoms with Crippen LogP contribution in [0.25, 0.3) is 16.8 Å². The van der Waals surface area contributed by atoms with Crippen molar-refractivity contribution < 1.29 is 24.4 Å². The van der Waals surface area contributed by atoms with E-state index in [-0.39, 0.29) is 17.2 Å². The predicted molar refractivity (Wildman–Crippen MR) is 136 cm³/mol. The molecule has 1 fully saturated rings. The third-order valence-corrected chi connectivity index (χ3v) is 7.02. The molecule has 4 rings (SSSR count). The second kappa shape index (κ2) is 10.7. The molecule has 35 heavy (non-hydrogen) atoms. The minimum absolute atomic E-state index is 0.0676. The molecule has 3 aromatic carbocycles. The van der Waals surface area contributed by atoms with Gasteiger partial charge in [-0.2, -0.15) is 0 Å². The number of nitrogens with zero attached hydrogens (tertiary/aromatic N) is 2. The lowest BCUT2D eigenvalue weighted by Gasteiger charge is -2.13. The summed E-state index contributed by atoms with van der Waals surface area (Å²) in [7, 11) is 0. The number of carbonyl (C=O) groups is 3. The molecule has 9 nitrogen and oxygen atoms in total. The largest absolute Gasteiger partial charge is 0.396 e. The van der Waals surface area contributed by atoms with E-state index in [9.17, 15) is 24.5 Å². The summed E-state index contributed by atoms with van der Waals surface area (Å²) >= 11 is 1.82. The number of rotatable bonds is 8. The zero-order chi connectivity index (χ0) is 24.9. The number of imide groups is 1. The highest BCUT2D eigenvalue weighted by molar-refractivity contribution is 8.18. The van der Waals surface area contributed by atoms with E-state index in [1.807, 2.05) is 30.3 Å². The maximum atomic E-state index is 12.8. The minimum Gasteiger partial charge on any atom is -0.396 e. The number of fused-ring (bicyclic) bond motifs is 1. The molecule has 0 bridgehead atoms. The van der Waals surface area contributed by atoms with Gasteiger partial charge in [-0.25, -0.2) is 0 Å². The quantitative estimate of drug-likeness (QED) is 0.196. The number of nitro groups is 1. The van der Waals surface area contributed by atoms with Crippen LogP contribution in [0.1, 0.15) is 5.56 Å². The van der Waals surface area contributed by atoms with Gasteiger partial charge >= 0.3 is 0 Å². The van der Waals surface area contributed by atoms with Gasteiger partial charge in [0.2, 0.25) is 5.91 Å². The van der Waals surface area contributed by atoms with Crippen LogP contribution < -0.4 is 5.32 Å². The SMILES string of the molecule is O=C(CN1C(=O)SC(=Cc2ccc(SCCO)c([N+](=O)[O-])c2)C1=O)Nc1cccc2ccccc12. The van der Waals surface area contributed by atoms with Gasteiger partial charge in [-0.3, -0.25) is 29.4 Å². The lowest BCUT2D eigenvalue weighted by Crippen LogP contribution is -2.36. The number of nitrogens with one attached hydrogen (secondary N) is 1. The number of amides is 3. The molecule has 0 spiro atoms. The Balaban J connectivity index is 1.49. The van der Waals surface area contributed by atoms with E-state index in [2.05, 4.69) is 5.32 Å². The van der Waals surface area contributed by atoms with E-state index in [0.717, 1.165) is 27.4 Å². The van der Waals surface area contributed by atoms with Gasteiger partial charge < -0.3 is 10.4 Å². The van der Waals surface area contributed by atoms with E-state index in [1.54, 1.807) is 18.2 Å². The molecule has 0 aliphatic carbocycles. The van der Waals surface area contributed by atoms with E-state index >= 15 is 0 Å². The minimum atomic E-state index is -0.644. The number of aliphatic hydroxyl groups excluding tert-OH is 1. The van der Waals surface area contributed by atoms with Crippen LogP contribution in [0, 0.1) is 10.1 Å². The predicted octanol–water partition coefficient (Wildman–Crippen LogP) is 4.51. The molecule has 0 aromatic heterocycles. The summed E-state index contributed by atoms with van der Waals surface area (Å²) in [6.07, 6.45) is 1.39. The van der Waals surface area contributed by atoms with Crippen molar-refractivity contribution in [2.75, 3.05) is 24.2 Å². The summed E-state index contributed by atoms with van der Waals surface area (Å²) in [4.78, 5) is 50.1. The van der Waals surface area contributed by atoms with Crippen molar-refractivity contribution in [1.29, 1.82) is 0 Å². The summed E-state index contributed by atoms with van der Waals surface area (Å²) in [5, 5.41) is 24.3. The summed E-state index contributed by atoms with van der Waals surface area (Å²) < 4.78 is 0. The number of hydrogen-bond donors (Lipinski definition) is 2. The van der Waals surface area contributed by atoms with Gasteiger partial charge in [0.1, 0.15) is 6.54 Å². The second-order valence-corrected chi connectivity index (χ2v) is 9.53. The van der Waals surface area contributed by atoms with E-state index in [1.165, 1.54) is 18.2 Å². The average Bonchev–Trinajstić information content (AvgIpc) is 3.10. The average molecular weight is 510 g/mol. The zero-order valence-electron chi connectivity index (χ0n) is 18.2. The van der Waals surface area contributed by atoms with Crippen LogP contribution in [0.5, 0.6) is 0 Å². The first kappa shape index (κ1) is 24.5. The smallest absolute Gasteiger partial charge is 0.294 e. The van der Waals surface area contributed by atoms with Crippen LogP contribution >= 0.6 is 23.5 Å². The van der Waals surface area contributed by atoms with Crippen LogP contribution in [0.15, 0.2) is 70.5 Å². The molecule has 1 aliphatic rings. The Bertz CT molecular complexity index is 1370. The molecule has 0 radical (unpaired) electrons. The molecule has 1 saturated heterocycles. The van der Waals surface area contributed by atoms with Crippen LogP contribution in [0.3, 0.4) is 0 Å². The first-order valence-electron chi connectivity index (χ1n) is 10.4. The molecule has 2 N–H and O–H groups in total. The van der Waals surface area contributed by atoms with Crippen molar-refractivity contribution >= 4 is 68.8 Å². The first-order chi connectivity index (χ1) is 16.9. The van der Waals surface area contributed by atoms with Gasteiger partial charge in [0.05, 0.1) is 21.3 Å². The van der Waals surface area contributed by atoms with Crippen molar-refractivity contribution in [2.45, 2.75) is 4.90 Å². The van der Waals surface area contributed by atoms with Gasteiger partial charge in [-0.15, -0.1) is 11.8 Å². The maximum Gasteiger partial charge on any atom is 0.294 e. The Morgan fingerprint density at radius 2 is 1.91 bits per heavy atom. The zero-order valence-corrected chi connectivity index (χ0v) is 19.8. The Labute approximate surface area is 208 Å². The van der Waals surface area contributed by atoms with Gasteiger partial charge in [-0.05, 0) is 40.9 Å². The van der Waals surface area contributed by atoms with E-state index in [0.29, 0.717) is 33.7 Å². The molecule has 178 valence electrons. The molecule has 11 heteroatoms. The molecule has 0 atom stereocenters. The van der Waals surface area contributed by atoms with Crippen molar-refractivity contribution in [3.63, 3.8) is 0 Å². The summed E-state index contributed by atoms with van der Waals surface area (Å²) in [5.41, 5.74) is 0.781. The number of hydrogen-bond acceptors (Lipinski definition) is 8. The number of carbonyl (C=O) groups excluding carboxylic acids is 3. The normalized spacial score (nSPS) is 14.7. The third kappa shape index (κ3) is 5.53. The number of benzene rings is 3. The van der Waals surface area contributed by atoms with Crippen molar-refractivity contribution in [3.8, 4) is 0 Å². The van der Waals surface area contributed by atoms with Gasteiger partial charge in [0, 0.05) is 22.9 Å². The van der Waals surface area contributed by atoms with Gasteiger partial charge in [0.15, 0.2) is 0 Å². The van der Waals surface area contributed by atoms with Crippen molar-refractivity contribution in [1.82, 2.24) is 4.90 Å². The third-order valence-electron chi connectivity index (χ3n) is 5.07. The van der Waals surface area contributed by atoms with Crippen LogP contribution in [0.2, 0.25) is 0 Å². The highest BCUT2D eigenvalue weighted by Crippen LogP contribution is 2.35. The fraction of sp³-hybridized carbons (Fsp3) is 0.125. The number of aliphatic hydroxyl groups is 1. The molecule has 3 amide bonds. The Kier molecular flexibility index (Phi) is 7.49. The van der Waals surface area contributed by atoms with Gasteiger partial charge in [0.25, 0.3) is 16.8 Å². The lowest BCUT2D eigenvalue weighted by molar-refractivity contribution is -0.387. The fourth-order valence-corrected chi connectivity index (χ4v) is 5.10. The topological polar surface area (TPSA) is 130 Å². The van der Waals surface area contributed by atoms with Crippen LogP contribution in [0.4, 0.5) is 16.2 Å². The molecule has 3 aromatic rings. The van der Waals surface area contributed by atoms with Crippen LogP contribution in [-0.2, 0) is 9.59 Å². The molecule has 1 heterocycles. The van der Waals surface area contributed by atoms with E-state index in [4.69, 9.17) is 5.11 Å². The number of thioether (sulfide) groups is 2. The first-order valence-corrected chi connectivity index (χ1v) is 12.2. The maximum absolute atomic E-state index is 12.8. The molecule has 0 unspecified atom stereocenters. The number of anilines is 1. The van der Waals surface area contributed by atoms with E-state index < -0.39 is 28.5 Å². The summed E-state index contributed by atoms with van der Waals surface area (Å²) in [6, 6.07) is 17.4. The summed E-state index contributed by atoms with van der Waals surface area (Å²) in [6.45, 7) is -0.576. The Hall–Kier alpha value is -3.67. The van der Waals surface area contributed by atoms with Gasteiger partial charge in [-0.1, -0.05) is 42.5 Å². The summed E-state index contributed by atoms with van der Waals surface area (Å²) in [5.74, 6) is -0.861. The van der Waals surface area contributed by atoms with Crippen LogP contribution in [-0.4, -0.2) is 50.9 Å². The molecular formula is C24H19N3O6S2. The number of nitro benzene ring substituents is 1.